The molecular weight excluding hydrogens is 286 g/mol. The Hall–Kier alpha value is -2.45. The number of rotatable bonds is 4. The van der Waals surface area contributed by atoms with Crippen LogP contribution in [-0.4, -0.2) is 42.2 Å². The molecule has 23 heavy (non-hydrogen) atoms. The molecule has 0 radical (unpaired) electrons. The maximum Gasteiger partial charge on any atom is 0.133 e. The van der Waals surface area contributed by atoms with Crippen molar-refractivity contribution in [3.63, 3.8) is 0 Å². The summed E-state index contributed by atoms with van der Waals surface area (Å²) in [5.41, 5.74) is 8.74. The van der Waals surface area contributed by atoms with Crippen LogP contribution < -0.4 is 10.6 Å². The van der Waals surface area contributed by atoms with Crippen molar-refractivity contribution in [1.82, 2.24) is 9.47 Å². The average Bonchev–Trinajstić information content (AvgIpc) is 2.91. The Morgan fingerprint density at radius 1 is 1.13 bits per heavy atom. The molecule has 0 atom stereocenters. The fraction of sp³-hybridized carbons (Fsp3) is 0.389. The van der Waals surface area contributed by atoms with Gasteiger partial charge in [0.25, 0.3) is 0 Å². The topological polar surface area (TPSA) is 61.2 Å². The molecule has 2 N–H and O–H groups in total. The van der Waals surface area contributed by atoms with Crippen molar-refractivity contribution in [1.29, 1.82) is 5.26 Å². The lowest BCUT2D eigenvalue weighted by atomic mass is 10.2. The molecule has 0 amide bonds. The zero-order valence-corrected chi connectivity index (χ0v) is 13.6. The fourth-order valence-electron chi connectivity index (χ4n) is 3.21. The van der Waals surface area contributed by atoms with E-state index in [1.54, 1.807) is 6.07 Å². The zero-order chi connectivity index (χ0) is 16.2. The van der Waals surface area contributed by atoms with Crippen molar-refractivity contribution in [2.75, 3.05) is 43.4 Å². The van der Waals surface area contributed by atoms with Gasteiger partial charge in [-0.15, -0.1) is 0 Å². The third kappa shape index (κ3) is 3.17. The number of likely N-dealkylation sites (N-methyl/N-ethyl adjacent to an activating group) is 1. The van der Waals surface area contributed by atoms with Crippen molar-refractivity contribution in [2.45, 2.75) is 13.5 Å². The second-order valence-electron chi connectivity index (χ2n) is 5.91. The molecule has 1 aromatic heterocycles. The zero-order valence-electron chi connectivity index (χ0n) is 13.6. The van der Waals surface area contributed by atoms with Crippen LogP contribution in [0.25, 0.3) is 0 Å². The number of piperazine rings is 1. The molecule has 0 bridgehead atoms. The van der Waals surface area contributed by atoms with Gasteiger partial charge in [-0.2, -0.15) is 5.26 Å². The van der Waals surface area contributed by atoms with E-state index in [1.165, 1.54) is 5.56 Å². The van der Waals surface area contributed by atoms with Crippen molar-refractivity contribution in [3.8, 4) is 6.07 Å². The SMILES string of the molecule is CCN1CCN(c2c(N)cc(C#N)n2Cc2ccccc2)CC1. The van der Waals surface area contributed by atoms with E-state index < -0.39 is 0 Å². The van der Waals surface area contributed by atoms with Crippen LogP contribution in [0.4, 0.5) is 11.5 Å². The Balaban J connectivity index is 1.91. The summed E-state index contributed by atoms with van der Waals surface area (Å²) in [6.45, 7) is 7.91. The minimum absolute atomic E-state index is 0.624. The van der Waals surface area contributed by atoms with Crippen LogP contribution in [0.3, 0.4) is 0 Å². The Labute approximate surface area is 137 Å². The van der Waals surface area contributed by atoms with E-state index in [9.17, 15) is 5.26 Å². The minimum atomic E-state index is 0.624. The van der Waals surface area contributed by atoms with Crippen LogP contribution in [0.2, 0.25) is 0 Å². The molecule has 1 fully saturated rings. The molecule has 0 unspecified atom stereocenters. The number of nitrogens with zero attached hydrogens (tertiary/aromatic N) is 4. The molecule has 2 aromatic rings. The molecule has 1 aromatic carbocycles. The number of benzene rings is 1. The van der Waals surface area contributed by atoms with Crippen LogP contribution in [0.5, 0.6) is 0 Å². The van der Waals surface area contributed by atoms with Gasteiger partial charge in [0.1, 0.15) is 17.6 Å². The number of hydrogen-bond acceptors (Lipinski definition) is 4. The lowest BCUT2D eigenvalue weighted by Gasteiger charge is -2.36. The maximum atomic E-state index is 9.46. The molecular formula is C18H23N5. The van der Waals surface area contributed by atoms with Crippen molar-refractivity contribution in [3.05, 3.63) is 47.7 Å². The van der Waals surface area contributed by atoms with Crippen molar-refractivity contribution < 1.29 is 0 Å². The van der Waals surface area contributed by atoms with Gasteiger partial charge in [0.15, 0.2) is 0 Å². The summed E-state index contributed by atoms with van der Waals surface area (Å²) < 4.78 is 2.05. The number of hydrogen-bond donors (Lipinski definition) is 1. The van der Waals surface area contributed by atoms with Crippen LogP contribution in [0.15, 0.2) is 36.4 Å². The quantitative estimate of drug-likeness (QED) is 0.940. The first-order valence-electron chi connectivity index (χ1n) is 8.13. The highest BCUT2D eigenvalue weighted by atomic mass is 15.3. The molecule has 5 nitrogen and oxygen atoms in total. The van der Waals surface area contributed by atoms with E-state index in [0.29, 0.717) is 17.9 Å². The van der Waals surface area contributed by atoms with Gasteiger partial charge in [0.05, 0.1) is 12.2 Å². The number of nitriles is 1. The molecule has 1 aliphatic heterocycles. The molecule has 1 aliphatic rings. The molecule has 5 heteroatoms. The van der Waals surface area contributed by atoms with Gasteiger partial charge in [0.2, 0.25) is 0 Å². The second-order valence-corrected chi connectivity index (χ2v) is 5.91. The monoisotopic (exact) mass is 309 g/mol. The molecule has 2 heterocycles. The normalized spacial score (nSPS) is 15.6. The highest BCUT2D eigenvalue weighted by Gasteiger charge is 2.23. The van der Waals surface area contributed by atoms with Crippen molar-refractivity contribution >= 4 is 11.5 Å². The number of aromatic nitrogens is 1. The summed E-state index contributed by atoms with van der Waals surface area (Å²) in [5.74, 6) is 0.987. The summed E-state index contributed by atoms with van der Waals surface area (Å²) in [6.07, 6.45) is 0. The number of nitrogens with two attached hydrogens (primary N) is 1. The van der Waals surface area contributed by atoms with Gasteiger partial charge >= 0.3 is 0 Å². The summed E-state index contributed by atoms with van der Waals surface area (Å²) in [4.78, 5) is 4.74. The summed E-state index contributed by atoms with van der Waals surface area (Å²) in [6, 6.07) is 14.3. The van der Waals surface area contributed by atoms with Gasteiger partial charge in [-0.1, -0.05) is 37.3 Å². The van der Waals surface area contributed by atoms with Gasteiger partial charge in [0, 0.05) is 26.2 Å². The lowest BCUT2D eigenvalue weighted by Crippen LogP contribution is -2.47. The second kappa shape index (κ2) is 6.76. The predicted molar refractivity (Wildman–Crippen MR) is 93.4 cm³/mol. The van der Waals surface area contributed by atoms with Gasteiger partial charge < -0.3 is 20.1 Å². The van der Waals surface area contributed by atoms with E-state index in [-0.39, 0.29) is 0 Å². The number of nitrogen functional groups attached to an aromatic ring is 1. The summed E-state index contributed by atoms with van der Waals surface area (Å²) in [7, 11) is 0. The van der Waals surface area contributed by atoms with Crippen LogP contribution >= 0.6 is 0 Å². The Morgan fingerprint density at radius 2 is 1.83 bits per heavy atom. The first kappa shape index (κ1) is 15.4. The molecule has 1 saturated heterocycles. The Bertz CT molecular complexity index is 690. The van der Waals surface area contributed by atoms with Crippen LogP contribution in [-0.2, 0) is 6.54 Å². The first-order chi connectivity index (χ1) is 11.2. The Morgan fingerprint density at radius 3 is 2.43 bits per heavy atom. The minimum Gasteiger partial charge on any atom is -0.396 e. The third-order valence-electron chi connectivity index (χ3n) is 4.51. The van der Waals surface area contributed by atoms with Crippen LogP contribution in [0.1, 0.15) is 18.2 Å². The summed E-state index contributed by atoms with van der Waals surface area (Å²) in [5, 5.41) is 9.46. The van der Waals surface area contributed by atoms with Gasteiger partial charge in [-0.3, -0.25) is 0 Å². The standard InChI is InChI=1S/C18H23N5/c1-2-21-8-10-22(11-9-21)18-17(20)12-16(13-19)23(18)14-15-6-4-3-5-7-15/h3-7,12H,2,8-11,14,20H2,1H3. The smallest absolute Gasteiger partial charge is 0.133 e. The predicted octanol–water partition coefficient (Wildman–Crippen LogP) is 2.13. The van der Waals surface area contributed by atoms with E-state index in [0.717, 1.165) is 38.5 Å². The third-order valence-corrected chi connectivity index (χ3v) is 4.51. The van der Waals surface area contributed by atoms with E-state index in [2.05, 4.69) is 34.9 Å². The molecule has 0 spiro atoms. The Kier molecular flexibility index (Phi) is 4.54. The molecule has 0 aliphatic carbocycles. The van der Waals surface area contributed by atoms with Crippen LogP contribution in [0, 0.1) is 11.3 Å². The van der Waals surface area contributed by atoms with E-state index in [1.807, 2.05) is 22.8 Å². The fourth-order valence-corrected chi connectivity index (χ4v) is 3.21. The maximum absolute atomic E-state index is 9.46. The van der Waals surface area contributed by atoms with Gasteiger partial charge in [-0.05, 0) is 18.2 Å². The summed E-state index contributed by atoms with van der Waals surface area (Å²) >= 11 is 0. The highest BCUT2D eigenvalue weighted by molar-refractivity contribution is 5.68. The van der Waals surface area contributed by atoms with Crippen molar-refractivity contribution in [2.24, 2.45) is 0 Å². The van der Waals surface area contributed by atoms with E-state index in [4.69, 9.17) is 5.73 Å². The largest absolute Gasteiger partial charge is 0.396 e. The average molecular weight is 309 g/mol. The molecule has 120 valence electrons. The first-order valence-corrected chi connectivity index (χ1v) is 8.13. The molecule has 3 rings (SSSR count). The number of anilines is 2. The lowest BCUT2D eigenvalue weighted by molar-refractivity contribution is 0.270. The van der Waals surface area contributed by atoms with E-state index >= 15 is 0 Å². The highest BCUT2D eigenvalue weighted by Crippen LogP contribution is 2.29. The van der Waals surface area contributed by atoms with Gasteiger partial charge in [-0.25, -0.2) is 0 Å². The molecule has 0 saturated carbocycles.